The number of hydrazine groups is 1. The van der Waals surface area contributed by atoms with Gasteiger partial charge in [0.1, 0.15) is 12.4 Å². The first kappa shape index (κ1) is 13.5. The first-order valence-corrected chi connectivity index (χ1v) is 6.66. The van der Waals surface area contributed by atoms with Gasteiger partial charge in [0.15, 0.2) is 0 Å². The fourth-order valence-electron chi connectivity index (χ4n) is 1.92. The molecule has 0 aromatic heterocycles. The minimum atomic E-state index is 0.0371. The number of nitrogens with one attached hydrogen (secondary N) is 1. The summed E-state index contributed by atoms with van der Waals surface area (Å²) in [6, 6.07) is 7.75. The maximum atomic E-state index is 11.4. The molecule has 1 unspecified atom stereocenters. The molecule has 1 aliphatic rings. The van der Waals surface area contributed by atoms with Crippen LogP contribution in [0.5, 0.6) is 5.75 Å². The Morgan fingerprint density at radius 3 is 2.68 bits per heavy atom. The molecule has 1 amide bonds. The van der Waals surface area contributed by atoms with Gasteiger partial charge in [0.05, 0.1) is 18.2 Å². The van der Waals surface area contributed by atoms with Crippen molar-refractivity contribution in [2.75, 3.05) is 18.2 Å². The Labute approximate surface area is 114 Å². The Morgan fingerprint density at radius 2 is 2.11 bits per heavy atom. The van der Waals surface area contributed by atoms with Crippen LogP contribution in [0.4, 0.5) is 5.69 Å². The lowest BCUT2D eigenvalue weighted by Gasteiger charge is -2.17. The van der Waals surface area contributed by atoms with Gasteiger partial charge in [-0.05, 0) is 30.7 Å². The molecule has 0 bridgehead atoms. The zero-order valence-corrected chi connectivity index (χ0v) is 11.4. The van der Waals surface area contributed by atoms with Crippen LogP contribution < -0.4 is 15.2 Å². The van der Waals surface area contributed by atoms with Crippen molar-refractivity contribution < 1.29 is 9.53 Å². The molecule has 1 heterocycles. The average Bonchev–Trinajstić information content (AvgIpc) is 2.76. The van der Waals surface area contributed by atoms with Crippen molar-refractivity contribution in [1.29, 1.82) is 0 Å². The number of carbonyl (C=O) groups excluding carboxylic acids is 1. The number of allylic oxidation sites excluding steroid dienone is 1. The maximum absolute atomic E-state index is 11.4. The van der Waals surface area contributed by atoms with E-state index in [9.17, 15) is 4.79 Å². The predicted molar refractivity (Wildman–Crippen MR) is 76.0 cm³/mol. The highest BCUT2D eigenvalue weighted by Crippen LogP contribution is 2.21. The van der Waals surface area contributed by atoms with E-state index in [1.807, 2.05) is 42.3 Å². The third-order valence-electron chi connectivity index (χ3n) is 3.05. The van der Waals surface area contributed by atoms with Crippen LogP contribution in [-0.4, -0.2) is 19.1 Å². The third kappa shape index (κ3) is 3.50. The smallest absolute Gasteiger partial charge is 0.243 e. The zero-order valence-electron chi connectivity index (χ0n) is 11.4. The lowest BCUT2D eigenvalue weighted by Crippen LogP contribution is -2.32. The molecule has 1 saturated heterocycles. The monoisotopic (exact) mass is 260 g/mol. The van der Waals surface area contributed by atoms with Gasteiger partial charge in [-0.2, -0.15) is 0 Å². The summed E-state index contributed by atoms with van der Waals surface area (Å²) >= 11 is 0. The zero-order chi connectivity index (χ0) is 13.7. The van der Waals surface area contributed by atoms with Gasteiger partial charge in [-0.1, -0.05) is 26.0 Å². The van der Waals surface area contributed by atoms with Gasteiger partial charge >= 0.3 is 0 Å². The number of hydrogen-bond donors (Lipinski definition) is 1. The van der Waals surface area contributed by atoms with Crippen molar-refractivity contribution in [2.45, 2.75) is 20.3 Å². The fourth-order valence-corrected chi connectivity index (χ4v) is 1.92. The number of anilines is 1. The largest absolute Gasteiger partial charge is 0.490 e. The summed E-state index contributed by atoms with van der Waals surface area (Å²) < 4.78 is 5.58. The van der Waals surface area contributed by atoms with Gasteiger partial charge < -0.3 is 4.74 Å². The van der Waals surface area contributed by atoms with Crippen molar-refractivity contribution in [1.82, 2.24) is 5.43 Å². The second-order valence-electron chi connectivity index (χ2n) is 4.67. The molecule has 4 nitrogen and oxygen atoms in total. The van der Waals surface area contributed by atoms with Crippen LogP contribution in [0, 0.1) is 5.92 Å². The van der Waals surface area contributed by atoms with Crippen LogP contribution in [0.25, 0.3) is 0 Å². The molecule has 1 N–H and O–H groups in total. The van der Waals surface area contributed by atoms with Crippen molar-refractivity contribution in [3.05, 3.63) is 36.4 Å². The highest BCUT2D eigenvalue weighted by atomic mass is 16.5. The van der Waals surface area contributed by atoms with Crippen LogP contribution in [0.15, 0.2) is 36.4 Å². The Hall–Kier alpha value is -1.97. The number of ether oxygens (including phenoxy) is 1. The lowest BCUT2D eigenvalue weighted by atomic mass is 10.2. The van der Waals surface area contributed by atoms with Crippen molar-refractivity contribution in [3.8, 4) is 5.75 Å². The van der Waals surface area contributed by atoms with Crippen LogP contribution in [0.3, 0.4) is 0 Å². The highest BCUT2D eigenvalue weighted by Gasteiger charge is 2.26. The lowest BCUT2D eigenvalue weighted by molar-refractivity contribution is -0.121. The van der Waals surface area contributed by atoms with Gasteiger partial charge in [0.25, 0.3) is 0 Å². The van der Waals surface area contributed by atoms with E-state index >= 15 is 0 Å². The molecule has 19 heavy (non-hydrogen) atoms. The molecule has 1 atom stereocenters. The second kappa shape index (κ2) is 6.27. The Morgan fingerprint density at radius 1 is 1.37 bits per heavy atom. The average molecular weight is 260 g/mol. The normalized spacial score (nSPS) is 18.9. The molecule has 1 fully saturated rings. The number of benzene rings is 1. The SMILES string of the molecule is CCC=CCOc1ccc(N2CC(C)C(=O)N2)cc1. The van der Waals surface area contributed by atoms with E-state index in [0.717, 1.165) is 17.9 Å². The molecule has 0 radical (unpaired) electrons. The Kier molecular flexibility index (Phi) is 4.44. The molecule has 102 valence electrons. The van der Waals surface area contributed by atoms with Gasteiger partial charge in [-0.15, -0.1) is 0 Å². The van der Waals surface area contributed by atoms with E-state index < -0.39 is 0 Å². The molecule has 4 heteroatoms. The molecule has 0 spiro atoms. The van der Waals surface area contributed by atoms with E-state index in [1.165, 1.54) is 0 Å². The molecule has 0 saturated carbocycles. The van der Waals surface area contributed by atoms with Gasteiger partial charge in [0.2, 0.25) is 5.91 Å². The second-order valence-corrected chi connectivity index (χ2v) is 4.67. The van der Waals surface area contributed by atoms with Crippen molar-refractivity contribution in [2.24, 2.45) is 5.92 Å². The Bertz CT molecular complexity index is 454. The molecule has 2 rings (SSSR count). The summed E-state index contributed by atoms with van der Waals surface area (Å²) in [5.74, 6) is 0.947. The first-order chi connectivity index (χ1) is 9.20. The molecular formula is C15H20N2O2. The molecular weight excluding hydrogens is 240 g/mol. The number of carbonyl (C=O) groups is 1. The summed E-state index contributed by atoms with van der Waals surface area (Å²) in [5.41, 5.74) is 3.82. The van der Waals surface area contributed by atoms with E-state index in [4.69, 9.17) is 4.74 Å². The third-order valence-corrected chi connectivity index (χ3v) is 3.05. The van der Waals surface area contributed by atoms with E-state index in [-0.39, 0.29) is 11.8 Å². The van der Waals surface area contributed by atoms with Gasteiger partial charge in [0, 0.05) is 0 Å². The first-order valence-electron chi connectivity index (χ1n) is 6.66. The molecule has 1 aliphatic heterocycles. The predicted octanol–water partition coefficient (Wildman–Crippen LogP) is 2.52. The minimum absolute atomic E-state index is 0.0371. The number of amides is 1. The number of nitrogens with zero attached hydrogens (tertiary/aromatic N) is 1. The summed E-state index contributed by atoms with van der Waals surface area (Å²) in [4.78, 5) is 11.4. The van der Waals surface area contributed by atoms with Crippen molar-refractivity contribution in [3.63, 3.8) is 0 Å². The van der Waals surface area contributed by atoms with Gasteiger partial charge in [-0.3, -0.25) is 15.2 Å². The van der Waals surface area contributed by atoms with Crippen LogP contribution >= 0.6 is 0 Å². The molecule has 0 aliphatic carbocycles. The quantitative estimate of drug-likeness (QED) is 0.827. The molecule has 1 aromatic rings. The van der Waals surface area contributed by atoms with E-state index in [2.05, 4.69) is 18.4 Å². The minimum Gasteiger partial charge on any atom is -0.490 e. The van der Waals surface area contributed by atoms with Crippen LogP contribution in [-0.2, 0) is 4.79 Å². The standard InChI is InChI=1S/C15H20N2O2/c1-3-4-5-10-19-14-8-6-13(7-9-14)17-11-12(2)15(18)16-17/h4-9,12H,3,10-11H2,1-2H3,(H,16,18). The van der Waals surface area contributed by atoms with E-state index in [0.29, 0.717) is 13.2 Å². The summed E-state index contributed by atoms with van der Waals surface area (Å²) in [6.45, 7) is 5.31. The maximum Gasteiger partial charge on any atom is 0.243 e. The summed E-state index contributed by atoms with van der Waals surface area (Å²) in [7, 11) is 0. The fraction of sp³-hybridized carbons (Fsp3) is 0.400. The topological polar surface area (TPSA) is 41.6 Å². The summed E-state index contributed by atoms with van der Waals surface area (Å²) in [6.07, 6.45) is 5.11. The van der Waals surface area contributed by atoms with Crippen LogP contribution in [0.1, 0.15) is 20.3 Å². The van der Waals surface area contributed by atoms with Gasteiger partial charge in [-0.25, -0.2) is 0 Å². The molecule has 1 aromatic carbocycles. The number of hydrogen-bond acceptors (Lipinski definition) is 3. The van der Waals surface area contributed by atoms with Crippen LogP contribution in [0.2, 0.25) is 0 Å². The number of rotatable bonds is 5. The Balaban J connectivity index is 1.91. The summed E-state index contributed by atoms with van der Waals surface area (Å²) in [5, 5.41) is 1.87. The van der Waals surface area contributed by atoms with Crippen molar-refractivity contribution >= 4 is 11.6 Å². The highest BCUT2D eigenvalue weighted by molar-refractivity contribution is 5.83. The van der Waals surface area contributed by atoms with E-state index in [1.54, 1.807) is 0 Å².